The summed E-state index contributed by atoms with van der Waals surface area (Å²) in [6, 6.07) is 19.1. The smallest absolute Gasteiger partial charge is 0.294 e. The number of piperidine rings is 1. The Balaban J connectivity index is 1.43. The summed E-state index contributed by atoms with van der Waals surface area (Å²) in [5, 5.41) is 2.05. The second-order valence-corrected chi connectivity index (χ2v) is 10.2. The van der Waals surface area contributed by atoms with Crippen LogP contribution in [0.4, 0.5) is 4.79 Å². The van der Waals surface area contributed by atoms with Crippen molar-refractivity contribution >= 4 is 57.3 Å². The number of likely N-dealkylation sites (tertiary alicyclic amines) is 1. The van der Waals surface area contributed by atoms with E-state index in [1.165, 1.54) is 0 Å². The summed E-state index contributed by atoms with van der Waals surface area (Å²) in [6.45, 7) is 1.37. The lowest BCUT2D eigenvalue weighted by atomic mass is 10.0. The van der Waals surface area contributed by atoms with Gasteiger partial charge in [-0.15, -0.1) is 0 Å². The first-order valence-electron chi connectivity index (χ1n) is 11.9. The SMILES string of the molecule is O=C(CN1C(=O)S/C(=C\c2c(OCc3ccccc3Cl)ccc3ccccc23)C1=O)N1CCCCC1. The maximum absolute atomic E-state index is 13.2. The molecule has 0 atom stereocenters. The Labute approximate surface area is 218 Å². The van der Waals surface area contributed by atoms with Gasteiger partial charge in [0.2, 0.25) is 5.91 Å². The molecule has 2 saturated heterocycles. The van der Waals surface area contributed by atoms with E-state index in [-0.39, 0.29) is 24.0 Å². The van der Waals surface area contributed by atoms with E-state index >= 15 is 0 Å². The monoisotopic (exact) mass is 520 g/mol. The number of rotatable bonds is 6. The highest BCUT2D eigenvalue weighted by atomic mass is 35.5. The molecule has 184 valence electrons. The average molecular weight is 521 g/mol. The number of hydrogen-bond donors (Lipinski definition) is 0. The van der Waals surface area contributed by atoms with Crippen LogP contribution in [0.1, 0.15) is 30.4 Å². The topological polar surface area (TPSA) is 66.9 Å². The maximum atomic E-state index is 13.2. The molecule has 0 N–H and O–H groups in total. The van der Waals surface area contributed by atoms with Crippen molar-refractivity contribution in [2.24, 2.45) is 0 Å². The van der Waals surface area contributed by atoms with Crippen LogP contribution in [-0.2, 0) is 16.2 Å². The first-order chi connectivity index (χ1) is 17.5. The van der Waals surface area contributed by atoms with Crippen molar-refractivity contribution in [3.8, 4) is 5.75 Å². The number of nitrogens with zero attached hydrogens (tertiary/aromatic N) is 2. The highest BCUT2D eigenvalue weighted by Crippen LogP contribution is 2.37. The molecule has 0 aliphatic carbocycles. The molecule has 2 fully saturated rings. The van der Waals surface area contributed by atoms with Crippen LogP contribution in [0.3, 0.4) is 0 Å². The van der Waals surface area contributed by atoms with Gasteiger partial charge in [0, 0.05) is 29.2 Å². The van der Waals surface area contributed by atoms with Gasteiger partial charge in [-0.05, 0) is 60.0 Å². The lowest BCUT2D eigenvalue weighted by Gasteiger charge is -2.27. The van der Waals surface area contributed by atoms with Crippen LogP contribution in [0.5, 0.6) is 5.75 Å². The molecule has 0 radical (unpaired) electrons. The fourth-order valence-electron chi connectivity index (χ4n) is 4.47. The van der Waals surface area contributed by atoms with Crippen LogP contribution in [0.2, 0.25) is 5.02 Å². The van der Waals surface area contributed by atoms with Crippen LogP contribution in [-0.4, -0.2) is 46.5 Å². The third-order valence-corrected chi connectivity index (χ3v) is 7.70. The number of hydrogen-bond acceptors (Lipinski definition) is 5. The molecule has 5 rings (SSSR count). The summed E-state index contributed by atoms with van der Waals surface area (Å²) in [7, 11) is 0. The molecule has 0 unspecified atom stereocenters. The molecule has 3 amide bonds. The Kier molecular flexibility index (Phi) is 7.30. The van der Waals surface area contributed by atoms with Crippen molar-refractivity contribution < 1.29 is 19.1 Å². The summed E-state index contributed by atoms with van der Waals surface area (Å²) in [5.74, 6) is -0.0719. The molecule has 36 heavy (non-hydrogen) atoms. The number of fused-ring (bicyclic) bond motifs is 1. The van der Waals surface area contributed by atoms with E-state index in [1.807, 2.05) is 60.7 Å². The summed E-state index contributed by atoms with van der Waals surface area (Å²) >= 11 is 7.15. The Hall–Kier alpha value is -3.29. The summed E-state index contributed by atoms with van der Waals surface area (Å²) in [4.78, 5) is 41.7. The minimum atomic E-state index is -0.458. The second kappa shape index (κ2) is 10.8. The van der Waals surface area contributed by atoms with E-state index in [0.29, 0.717) is 29.4 Å². The number of carbonyl (C=O) groups excluding carboxylic acids is 3. The average Bonchev–Trinajstić information content (AvgIpc) is 3.16. The van der Waals surface area contributed by atoms with Crippen LogP contribution in [0.25, 0.3) is 16.8 Å². The highest BCUT2D eigenvalue weighted by molar-refractivity contribution is 8.18. The predicted molar refractivity (Wildman–Crippen MR) is 143 cm³/mol. The molecule has 6 nitrogen and oxygen atoms in total. The Morgan fingerprint density at radius 2 is 1.72 bits per heavy atom. The summed E-state index contributed by atoms with van der Waals surface area (Å²) < 4.78 is 6.15. The predicted octanol–water partition coefficient (Wildman–Crippen LogP) is 6.12. The van der Waals surface area contributed by atoms with Gasteiger partial charge in [-0.2, -0.15) is 0 Å². The molecule has 0 aromatic heterocycles. The minimum absolute atomic E-state index is 0.188. The first kappa shape index (κ1) is 24.4. The number of halogens is 1. The fraction of sp³-hybridized carbons (Fsp3) is 0.250. The second-order valence-electron chi connectivity index (χ2n) is 8.79. The molecule has 2 heterocycles. The van der Waals surface area contributed by atoms with Crippen molar-refractivity contribution in [1.29, 1.82) is 0 Å². The Morgan fingerprint density at radius 1 is 0.972 bits per heavy atom. The third-order valence-electron chi connectivity index (χ3n) is 6.42. The van der Waals surface area contributed by atoms with E-state index < -0.39 is 11.1 Å². The first-order valence-corrected chi connectivity index (χ1v) is 13.1. The number of benzene rings is 3. The molecule has 2 aliphatic rings. The van der Waals surface area contributed by atoms with Crippen LogP contribution in [0.15, 0.2) is 65.6 Å². The van der Waals surface area contributed by atoms with Crippen LogP contribution in [0, 0.1) is 0 Å². The number of carbonyl (C=O) groups is 3. The zero-order valence-corrected chi connectivity index (χ0v) is 21.2. The number of thioether (sulfide) groups is 1. The number of ether oxygens (including phenoxy) is 1. The minimum Gasteiger partial charge on any atom is -0.488 e. The van der Waals surface area contributed by atoms with Crippen molar-refractivity contribution in [2.45, 2.75) is 25.9 Å². The molecule has 3 aromatic rings. The van der Waals surface area contributed by atoms with Gasteiger partial charge in [0.05, 0.1) is 4.91 Å². The maximum Gasteiger partial charge on any atom is 0.294 e. The quantitative estimate of drug-likeness (QED) is 0.366. The molecule has 2 aliphatic heterocycles. The van der Waals surface area contributed by atoms with Gasteiger partial charge in [0.1, 0.15) is 18.9 Å². The van der Waals surface area contributed by atoms with Gasteiger partial charge in [0.15, 0.2) is 0 Å². The van der Waals surface area contributed by atoms with Crippen molar-refractivity contribution in [3.63, 3.8) is 0 Å². The van der Waals surface area contributed by atoms with Gasteiger partial charge >= 0.3 is 0 Å². The molecule has 3 aromatic carbocycles. The highest BCUT2D eigenvalue weighted by Gasteiger charge is 2.37. The van der Waals surface area contributed by atoms with Gasteiger partial charge in [-0.25, -0.2) is 0 Å². The fourth-order valence-corrected chi connectivity index (χ4v) is 5.48. The lowest BCUT2D eigenvalue weighted by molar-refractivity contribution is -0.136. The molecule has 0 saturated carbocycles. The van der Waals surface area contributed by atoms with Gasteiger partial charge in [-0.3, -0.25) is 19.3 Å². The van der Waals surface area contributed by atoms with E-state index in [1.54, 1.807) is 11.0 Å². The van der Waals surface area contributed by atoms with Gasteiger partial charge < -0.3 is 9.64 Å². The van der Waals surface area contributed by atoms with Crippen molar-refractivity contribution in [2.75, 3.05) is 19.6 Å². The zero-order chi connectivity index (χ0) is 25.1. The van der Waals surface area contributed by atoms with E-state index in [9.17, 15) is 14.4 Å². The van der Waals surface area contributed by atoms with Crippen LogP contribution >= 0.6 is 23.4 Å². The molecular formula is C28H25ClN2O4S. The van der Waals surface area contributed by atoms with E-state index in [4.69, 9.17) is 16.3 Å². The number of imide groups is 1. The standard InChI is InChI=1S/C28H25ClN2O4S/c29-23-11-5-3-9-20(23)18-35-24-13-12-19-8-2-4-10-21(19)22(24)16-25-27(33)31(28(34)36-25)17-26(32)30-14-6-1-7-15-30/h2-5,8-13,16H,1,6-7,14-15,17-18H2/b25-16-. The van der Waals surface area contributed by atoms with Crippen LogP contribution < -0.4 is 4.74 Å². The Bertz CT molecular complexity index is 1370. The Morgan fingerprint density at radius 3 is 2.53 bits per heavy atom. The molecule has 0 bridgehead atoms. The zero-order valence-electron chi connectivity index (χ0n) is 19.6. The van der Waals surface area contributed by atoms with Gasteiger partial charge in [0.25, 0.3) is 11.1 Å². The normalized spacial score (nSPS) is 17.3. The summed E-state index contributed by atoms with van der Waals surface area (Å²) in [5.41, 5.74) is 1.54. The molecule has 8 heteroatoms. The lowest BCUT2D eigenvalue weighted by Crippen LogP contribution is -2.44. The van der Waals surface area contributed by atoms with Crippen molar-refractivity contribution in [1.82, 2.24) is 9.80 Å². The largest absolute Gasteiger partial charge is 0.488 e. The molecular weight excluding hydrogens is 496 g/mol. The summed E-state index contributed by atoms with van der Waals surface area (Å²) in [6.07, 6.45) is 4.69. The number of amides is 3. The van der Waals surface area contributed by atoms with E-state index in [0.717, 1.165) is 52.3 Å². The van der Waals surface area contributed by atoms with Crippen molar-refractivity contribution in [3.05, 3.63) is 81.7 Å². The third kappa shape index (κ3) is 5.13. The molecule has 0 spiro atoms. The van der Waals surface area contributed by atoms with E-state index in [2.05, 4.69) is 0 Å². The van der Waals surface area contributed by atoms with Gasteiger partial charge in [-0.1, -0.05) is 60.1 Å².